The van der Waals surface area contributed by atoms with Gasteiger partial charge >= 0.3 is 6.16 Å². The van der Waals surface area contributed by atoms with Gasteiger partial charge in [0.25, 0.3) is 15.6 Å². The SMILES string of the molecule is COC(=O)OCC(NC(=O)Cn1c(C)ccc(NS(=O)(=O)c2cccc(C)c2)c1=O)ON=C(N)N. The molecule has 0 spiro atoms. The van der Waals surface area contributed by atoms with E-state index in [4.69, 9.17) is 21.0 Å². The fraction of sp³-hybridized carbons (Fsp3) is 0.300. The van der Waals surface area contributed by atoms with Crippen molar-refractivity contribution in [3.8, 4) is 0 Å². The molecule has 0 bridgehead atoms. The number of nitrogens with zero attached hydrogens (tertiary/aromatic N) is 2. The van der Waals surface area contributed by atoms with Crippen LogP contribution in [-0.2, 0) is 35.7 Å². The van der Waals surface area contributed by atoms with Gasteiger partial charge in [0.05, 0.1) is 12.0 Å². The maximum absolute atomic E-state index is 12.9. The van der Waals surface area contributed by atoms with E-state index in [1.165, 1.54) is 24.3 Å². The first-order valence-electron chi connectivity index (χ1n) is 9.97. The van der Waals surface area contributed by atoms with E-state index in [9.17, 15) is 22.8 Å². The summed E-state index contributed by atoms with van der Waals surface area (Å²) < 4.78 is 37.8. The minimum atomic E-state index is -4.05. The largest absolute Gasteiger partial charge is 0.508 e. The molecule has 1 heterocycles. The van der Waals surface area contributed by atoms with Crippen molar-refractivity contribution in [3.05, 3.63) is 58.0 Å². The van der Waals surface area contributed by atoms with E-state index in [-0.39, 0.29) is 10.6 Å². The predicted molar refractivity (Wildman–Crippen MR) is 125 cm³/mol. The van der Waals surface area contributed by atoms with Crippen LogP contribution >= 0.6 is 0 Å². The number of anilines is 1. The molecule has 0 aliphatic heterocycles. The van der Waals surface area contributed by atoms with E-state index in [1.807, 2.05) is 0 Å². The molecule has 0 radical (unpaired) electrons. The number of sulfonamides is 1. The third-order valence-electron chi connectivity index (χ3n) is 4.36. The number of aromatic nitrogens is 1. The van der Waals surface area contributed by atoms with E-state index in [0.29, 0.717) is 5.69 Å². The van der Waals surface area contributed by atoms with Crippen LogP contribution < -0.4 is 27.1 Å². The van der Waals surface area contributed by atoms with Gasteiger partial charge in [-0.15, -0.1) is 0 Å². The number of methoxy groups -OCH3 is 1. The monoisotopic (exact) mass is 510 g/mol. The van der Waals surface area contributed by atoms with Crippen LogP contribution in [0.25, 0.3) is 0 Å². The molecule has 0 aliphatic carbocycles. The minimum absolute atomic E-state index is 0.0212. The number of amides is 1. The number of pyridine rings is 1. The second-order valence-electron chi connectivity index (χ2n) is 7.14. The maximum Gasteiger partial charge on any atom is 0.508 e. The maximum atomic E-state index is 12.9. The molecular weight excluding hydrogens is 484 g/mol. The molecule has 2 rings (SSSR count). The Morgan fingerprint density at radius 2 is 1.89 bits per heavy atom. The predicted octanol–water partition coefficient (Wildman–Crippen LogP) is -0.304. The van der Waals surface area contributed by atoms with Gasteiger partial charge in [-0.05, 0) is 48.8 Å². The zero-order valence-electron chi connectivity index (χ0n) is 19.2. The zero-order valence-corrected chi connectivity index (χ0v) is 20.0. The second kappa shape index (κ2) is 11.7. The van der Waals surface area contributed by atoms with Crippen molar-refractivity contribution in [1.82, 2.24) is 9.88 Å². The summed E-state index contributed by atoms with van der Waals surface area (Å²) in [5.41, 5.74) is 10.5. The highest BCUT2D eigenvalue weighted by Gasteiger charge is 2.20. The van der Waals surface area contributed by atoms with Crippen LogP contribution in [0.5, 0.6) is 0 Å². The Labute approximate surface area is 200 Å². The molecule has 14 nitrogen and oxygen atoms in total. The fourth-order valence-corrected chi connectivity index (χ4v) is 3.89. The number of oxime groups is 1. The van der Waals surface area contributed by atoms with E-state index in [0.717, 1.165) is 17.2 Å². The number of hydrogen-bond acceptors (Lipinski definition) is 9. The Morgan fingerprint density at radius 3 is 2.51 bits per heavy atom. The lowest BCUT2D eigenvalue weighted by molar-refractivity contribution is -0.128. The van der Waals surface area contributed by atoms with Gasteiger partial charge in [0.2, 0.25) is 18.1 Å². The summed E-state index contributed by atoms with van der Waals surface area (Å²) in [5.74, 6) is -1.21. The summed E-state index contributed by atoms with van der Waals surface area (Å²) in [6, 6.07) is 8.92. The van der Waals surface area contributed by atoms with Crippen LogP contribution in [0.1, 0.15) is 11.3 Å². The highest BCUT2D eigenvalue weighted by molar-refractivity contribution is 7.92. The number of carbonyl (C=O) groups is 2. The molecule has 6 N–H and O–H groups in total. The topological polar surface area (TPSA) is 206 Å². The molecule has 1 aromatic heterocycles. The molecule has 2 aromatic rings. The van der Waals surface area contributed by atoms with Crippen molar-refractivity contribution in [2.75, 3.05) is 18.4 Å². The summed E-state index contributed by atoms with van der Waals surface area (Å²) in [6.07, 6.45) is -2.36. The van der Waals surface area contributed by atoms with Gasteiger partial charge in [0, 0.05) is 5.69 Å². The number of guanidine groups is 1. The summed E-state index contributed by atoms with van der Waals surface area (Å²) in [5, 5.41) is 5.64. The Balaban J connectivity index is 2.22. The Kier molecular flexibility index (Phi) is 9.04. The zero-order chi connectivity index (χ0) is 26.2. The molecule has 1 amide bonds. The van der Waals surface area contributed by atoms with Crippen LogP contribution in [0.2, 0.25) is 0 Å². The highest BCUT2D eigenvalue weighted by Crippen LogP contribution is 2.15. The number of nitrogens with one attached hydrogen (secondary N) is 2. The third-order valence-corrected chi connectivity index (χ3v) is 5.73. The summed E-state index contributed by atoms with van der Waals surface area (Å²) in [6.45, 7) is 2.25. The van der Waals surface area contributed by atoms with Crippen LogP contribution in [0.4, 0.5) is 10.5 Å². The molecule has 1 atom stereocenters. The van der Waals surface area contributed by atoms with Crippen LogP contribution in [0.3, 0.4) is 0 Å². The molecular formula is C20H26N6O8S. The lowest BCUT2D eigenvalue weighted by atomic mass is 10.2. The fourth-order valence-electron chi connectivity index (χ4n) is 2.73. The van der Waals surface area contributed by atoms with Gasteiger partial charge < -0.3 is 35.7 Å². The van der Waals surface area contributed by atoms with Gasteiger partial charge in [-0.3, -0.25) is 14.3 Å². The van der Waals surface area contributed by atoms with Crippen molar-refractivity contribution in [3.63, 3.8) is 0 Å². The third kappa shape index (κ3) is 7.92. The number of carbonyl (C=O) groups excluding carboxylic acids is 2. The lowest BCUT2D eigenvalue weighted by Crippen LogP contribution is -2.43. The van der Waals surface area contributed by atoms with Crippen LogP contribution in [0, 0.1) is 13.8 Å². The van der Waals surface area contributed by atoms with E-state index >= 15 is 0 Å². The number of benzene rings is 1. The number of rotatable bonds is 10. The van der Waals surface area contributed by atoms with E-state index < -0.39 is 53.0 Å². The van der Waals surface area contributed by atoms with Gasteiger partial charge in [-0.1, -0.05) is 12.1 Å². The Hall–Kier alpha value is -4.27. The Bertz CT molecular complexity index is 1270. The summed E-state index contributed by atoms with van der Waals surface area (Å²) in [4.78, 5) is 41.6. The van der Waals surface area contributed by atoms with Crippen LogP contribution in [0.15, 0.2) is 51.2 Å². The van der Waals surface area contributed by atoms with Crippen LogP contribution in [-0.4, -0.2) is 51.0 Å². The molecule has 0 saturated heterocycles. The van der Waals surface area contributed by atoms with Crippen molar-refractivity contribution < 1.29 is 32.3 Å². The van der Waals surface area contributed by atoms with Gasteiger partial charge in [0.15, 0.2) is 6.61 Å². The van der Waals surface area contributed by atoms with Crippen molar-refractivity contribution in [1.29, 1.82) is 0 Å². The summed E-state index contributed by atoms with van der Waals surface area (Å²) in [7, 11) is -2.97. The second-order valence-corrected chi connectivity index (χ2v) is 8.83. The smallest absolute Gasteiger partial charge is 0.438 e. The van der Waals surface area contributed by atoms with Gasteiger partial charge in [-0.25, -0.2) is 13.2 Å². The number of nitrogens with two attached hydrogens (primary N) is 2. The van der Waals surface area contributed by atoms with Gasteiger partial charge in [-0.2, -0.15) is 0 Å². The summed E-state index contributed by atoms with van der Waals surface area (Å²) >= 11 is 0. The standard InChI is InChI=1S/C20H26N6O8S/c1-12-5-4-6-14(9-12)35(30,31)25-15-8-7-13(2)26(18(15)28)10-16(27)23-17(34-24-19(21)22)11-33-20(29)32-3/h4-9,17,25H,10-11H2,1-3H3,(H,23,27)(H4,21,22,24). The molecule has 190 valence electrons. The minimum Gasteiger partial charge on any atom is -0.438 e. The number of ether oxygens (including phenoxy) is 2. The first-order valence-corrected chi connectivity index (χ1v) is 11.5. The first-order chi connectivity index (χ1) is 16.4. The molecule has 0 fully saturated rings. The molecule has 0 aliphatic rings. The average Bonchev–Trinajstić information content (AvgIpc) is 2.80. The Morgan fingerprint density at radius 1 is 1.17 bits per heavy atom. The quantitative estimate of drug-likeness (QED) is 0.108. The molecule has 0 saturated carbocycles. The van der Waals surface area contributed by atoms with Crippen molar-refractivity contribution in [2.24, 2.45) is 16.6 Å². The van der Waals surface area contributed by atoms with E-state index in [1.54, 1.807) is 26.0 Å². The number of aryl methyl sites for hydroxylation is 2. The first kappa shape index (κ1) is 27.0. The van der Waals surface area contributed by atoms with Crippen molar-refractivity contribution in [2.45, 2.75) is 31.5 Å². The average molecular weight is 511 g/mol. The van der Waals surface area contributed by atoms with E-state index in [2.05, 4.69) is 19.9 Å². The lowest BCUT2D eigenvalue weighted by Gasteiger charge is -2.18. The molecule has 1 unspecified atom stereocenters. The van der Waals surface area contributed by atoms with Gasteiger partial charge in [0.1, 0.15) is 12.2 Å². The highest BCUT2D eigenvalue weighted by atomic mass is 32.2. The molecule has 1 aromatic carbocycles. The molecule has 35 heavy (non-hydrogen) atoms. The molecule has 15 heteroatoms. The normalized spacial score (nSPS) is 11.6. The number of hydrogen-bond donors (Lipinski definition) is 4. The van der Waals surface area contributed by atoms with Crippen molar-refractivity contribution >= 4 is 33.7 Å².